The fourth-order valence-electron chi connectivity index (χ4n) is 1.40. The number of nitrogen functional groups attached to an aromatic ring is 1. The van der Waals surface area contributed by atoms with Crippen LogP contribution in [-0.2, 0) is 0 Å². The van der Waals surface area contributed by atoms with Crippen molar-refractivity contribution in [3.63, 3.8) is 0 Å². The van der Waals surface area contributed by atoms with Gasteiger partial charge in [0.25, 0.3) is 0 Å². The van der Waals surface area contributed by atoms with Gasteiger partial charge in [0.1, 0.15) is 11.5 Å². The van der Waals surface area contributed by atoms with Crippen LogP contribution in [0.1, 0.15) is 5.56 Å². The van der Waals surface area contributed by atoms with Crippen LogP contribution in [0.25, 0.3) is 0 Å². The van der Waals surface area contributed by atoms with E-state index in [9.17, 15) is 0 Å². The predicted molar refractivity (Wildman–Crippen MR) is 75.1 cm³/mol. The molecular weight excluding hydrogens is 226 g/mol. The summed E-state index contributed by atoms with van der Waals surface area (Å²) in [5.74, 6) is 1.67. The molecule has 18 heavy (non-hydrogen) atoms. The largest absolute Gasteiger partial charge is 0.497 e. The molecule has 0 saturated heterocycles. The molecule has 0 fully saturated rings. The highest BCUT2D eigenvalue weighted by molar-refractivity contribution is 5.37. The molecule has 2 N–H and O–H groups in total. The Balaban J connectivity index is 0.000000199. The molecule has 0 aliphatic carbocycles. The van der Waals surface area contributed by atoms with Gasteiger partial charge in [-0.2, -0.15) is 0 Å². The van der Waals surface area contributed by atoms with Crippen molar-refractivity contribution in [2.24, 2.45) is 0 Å². The van der Waals surface area contributed by atoms with E-state index in [0.717, 1.165) is 22.7 Å². The quantitative estimate of drug-likeness (QED) is 0.826. The number of nitrogens with two attached hydrogens (primary N) is 1. The topological polar surface area (TPSA) is 44.5 Å². The van der Waals surface area contributed by atoms with E-state index in [4.69, 9.17) is 15.2 Å². The zero-order chi connectivity index (χ0) is 13.4. The first-order chi connectivity index (χ1) is 8.65. The maximum absolute atomic E-state index is 5.36. The van der Waals surface area contributed by atoms with Crippen molar-refractivity contribution in [3.05, 3.63) is 54.1 Å². The van der Waals surface area contributed by atoms with Crippen molar-refractivity contribution in [2.75, 3.05) is 20.0 Å². The van der Waals surface area contributed by atoms with Gasteiger partial charge in [-0.05, 0) is 36.8 Å². The van der Waals surface area contributed by atoms with Crippen LogP contribution in [-0.4, -0.2) is 14.2 Å². The van der Waals surface area contributed by atoms with Crippen LogP contribution in [0, 0.1) is 6.92 Å². The van der Waals surface area contributed by atoms with E-state index >= 15 is 0 Å². The Labute approximate surface area is 108 Å². The van der Waals surface area contributed by atoms with Crippen LogP contribution in [0.3, 0.4) is 0 Å². The first-order valence-corrected chi connectivity index (χ1v) is 5.66. The lowest BCUT2D eigenvalue weighted by Gasteiger charge is -2.04. The van der Waals surface area contributed by atoms with Crippen molar-refractivity contribution >= 4 is 5.69 Å². The molecule has 0 unspecified atom stereocenters. The predicted octanol–water partition coefficient (Wildman–Crippen LogP) is 3.28. The third-order valence-electron chi connectivity index (χ3n) is 2.30. The molecule has 0 aromatic heterocycles. The molecular formula is C15H19NO2. The van der Waals surface area contributed by atoms with Crippen LogP contribution in [0.15, 0.2) is 48.5 Å². The molecule has 0 amide bonds. The average Bonchev–Trinajstić information content (AvgIpc) is 2.39. The standard InChI is InChI=1S/C9H12O2.C6H7N/c1-7-4-8(10-2)6-9(5-7)11-3;7-6-4-2-1-3-5-6/h4-6H,1-3H3;1-5H,7H2. The van der Waals surface area contributed by atoms with Crippen molar-refractivity contribution in [2.45, 2.75) is 6.92 Å². The van der Waals surface area contributed by atoms with Crippen LogP contribution in [0.2, 0.25) is 0 Å². The summed E-state index contributed by atoms with van der Waals surface area (Å²) < 4.78 is 10.1. The molecule has 0 spiro atoms. The summed E-state index contributed by atoms with van der Waals surface area (Å²) in [6, 6.07) is 15.3. The van der Waals surface area contributed by atoms with E-state index in [1.165, 1.54) is 0 Å². The molecule has 96 valence electrons. The van der Waals surface area contributed by atoms with Gasteiger partial charge in [0.2, 0.25) is 0 Å². The molecule has 2 aromatic carbocycles. The first-order valence-electron chi connectivity index (χ1n) is 5.66. The molecule has 0 bridgehead atoms. The Bertz CT molecular complexity index is 447. The summed E-state index contributed by atoms with van der Waals surface area (Å²) in [5, 5.41) is 0. The van der Waals surface area contributed by atoms with Crippen LogP contribution >= 0.6 is 0 Å². The molecule has 2 aromatic rings. The lowest BCUT2D eigenvalue weighted by Crippen LogP contribution is -1.87. The highest BCUT2D eigenvalue weighted by Crippen LogP contribution is 2.21. The Morgan fingerprint density at radius 2 is 1.33 bits per heavy atom. The summed E-state index contributed by atoms with van der Waals surface area (Å²) in [5.41, 5.74) is 7.32. The maximum Gasteiger partial charge on any atom is 0.122 e. The van der Waals surface area contributed by atoms with Crippen molar-refractivity contribution in [1.82, 2.24) is 0 Å². The first kappa shape index (κ1) is 13.9. The summed E-state index contributed by atoms with van der Waals surface area (Å²) in [6.45, 7) is 2.00. The molecule has 0 aliphatic rings. The molecule has 0 aliphatic heterocycles. The van der Waals surface area contributed by atoms with E-state index in [2.05, 4.69) is 0 Å². The van der Waals surface area contributed by atoms with E-state index in [1.807, 2.05) is 55.5 Å². The highest BCUT2D eigenvalue weighted by Gasteiger charge is 1.96. The summed E-state index contributed by atoms with van der Waals surface area (Å²) in [4.78, 5) is 0. The van der Waals surface area contributed by atoms with Gasteiger partial charge in [-0.25, -0.2) is 0 Å². The number of benzene rings is 2. The highest BCUT2D eigenvalue weighted by atomic mass is 16.5. The molecule has 2 rings (SSSR count). The molecule has 0 atom stereocenters. The summed E-state index contributed by atoms with van der Waals surface area (Å²) in [7, 11) is 3.29. The summed E-state index contributed by atoms with van der Waals surface area (Å²) in [6.07, 6.45) is 0. The smallest absolute Gasteiger partial charge is 0.122 e. The van der Waals surface area contributed by atoms with Gasteiger partial charge in [0.15, 0.2) is 0 Å². The van der Waals surface area contributed by atoms with Gasteiger partial charge in [-0.3, -0.25) is 0 Å². The van der Waals surface area contributed by atoms with Gasteiger partial charge in [-0.1, -0.05) is 18.2 Å². The van der Waals surface area contributed by atoms with E-state index in [1.54, 1.807) is 14.2 Å². The number of ether oxygens (including phenoxy) is 2. The summed E-state index contributed by atoms with van der Waals surface area (Å²) >= 11 is 0. The molecule has 0 radical (unpaired) electrons. The fourth-order valence-corrected chi connectivity index (χ4v) is 1.40. The minimum absolute atomic E-state index is 0.822. The third-order valence-corrected chi connectivity index (χ3v) is 2.30. The second-order valence-electron chi connectivity index (χ2n) is 3.80. The van der Waals surface area contributed by atoms with E-state index < -0.39 is 0 Å². The molecule has 0 saturated carbocycles. The van der Waals surface area contributed by atoms with Crippen LogP contribution in [0.4, 0.5) is 5.69 Å². The van der Waals surface area contributed by atoms with Crippen molar-refractivity contribution < 1.29 is 9.47 Å². The molecule has 3 nitrogen and oxygen atoms in total. The van der Waals surface area contributed by atoms with Crippen molar-refractivity contribution in [1.29, 1.82) is 0 Å². The van der Waals surface area contributed by atoms with Gasteiger partial charge in [0, 0.05) is 11.8 Å². The van der Waals surface area contributed by atoms with E-state index in [-0.39, 0.29) is 0 Å². The second-order valence-corrected chi connectivity index (χ2v) is 3.80. The lowest BCUT2D eigenvalue weighted by atomic mass is 10.2. The normalized spacial score (nSPS) is 9.06. The number of para-hydroxylation sites is 1. The molecule has 3 heteroatoms. The van der Waals surface area contributed by atoms with Crippen LogP contribution < -0.4 is 15.2 Å². The fraction of sp³-hybridized carbons (Fsp3) is 0.200. The minimum Gasteiger partial charge on any atom is -0.497 e. The number of hydrogen-bond acceptors (Lipinski definition) is 3. The zero-order valence-corrected chi connectivity index (χ0v) is 11.0. The number of anilines is 1. The lowest BCUT2D eigenvalue weighted by molar-refractivity contribution is 0.394. The van der Waals surface area contributed by atoms with Crippen LogP contribution in [0.5, 0.6) is 11.5 Å². The number of hydrogen-bond donors (Lipinski definition) is 1. The van der Waals surface area contributed by atoms with Crippen molar-refractivity contribution in [3.8, 4) is 11.5 Å². The number of rotatable bonds is 2. The maximum atomic E-state index is 5.36. The van der Waals surface area contributed by atoms with Gasteiger partial charge < -0.3 is 15.2 Å². The second kappa shape index (κ2) is 7.22. The Morgan fingerprint density at radius 1 is 0.833 bits per heavy atom. The van der Waals surface area contributed by atoms with Gasteiger partial charge in [-0.15, -0.1) is 0 Å². The number of methoxy groups -OCH3 is 2. The SMILES string of the molecule is COc1cc(C)cc(OC)c1.Nc1ccccc1. The van der Waals surface area contributed by atoms with Gasteiger partial charge in [0.05, 0.1) is 14.2 Å². The Hall–Kier alpha value is -2.16. The molecule has 0 heterocycles. The average molecular weight is 245 g/mol. The monoisotopic (exact) mass is 245 g/mol. The third kappa shape index (κ3) is 4.78. The van der Waals surface area contributed by atoms with Gasteiger partial charge >= 0.3 is 0 Å². The zero-order valence-electron chi connectivity index (χ0n) is 11.0. The number of aryl methyl sites for hydroxylation is 1. The Morgan fingerprint density at radius 3 is 1.67 bits per heavy atom. The minimum atomic E-state index is 0.822. The Kier molecular flexibility index (Phi) is 5.58. The van der Waals surface area contributed by atoms with E-state index in [0.29, 0.717) is 0 Å².